The lowest BCUT2D eigenvalue weighted by Gasteiger charge is -2.39. The van der Waals surface area contributed by atoms with Gasteiger partial charge in [-0.3, -0.25) is 4.90 Å². The van der Waals surface area contributed by atoms with Crippen molar-refractivity contribution in [2.45, 2.75) is 62.3 Å². The summed E-state index contributed by atoms with van der Waals surface area (Å²) in [5, 5.41) is 12.6. The monoisotopic (exact) mass is 610 g/mol. The summed E-state index contributed by atoms with van der Waals surface area (Å²) in [5.74, 6) is 2.79. The summed E-state index contributed by atoms with van der Waals surface area (Å²) in [6.07, 6.45) is 11.1. The lowest BCUT2D eigenvalue weighted by Crippen LogP contribution is -2.44. The number of ether oxygens (including phenoxy) is 2. The van der Waals surface area contributed by atoms with E-state index in [-0.39, 0.29) is 40.6 Å². The highest BCUT2D eigenvalue weighted by Crippen LogP contribution is 2.43. The molecule has 0 radical (unpaired) electrons. The first-order valence-electron chi connectivity index (χ1n) is 16.0. The van der Waals surface area contributed by atoms with Gasteiger partial charge in [-0.15, -0.1) is 6.42 Å². The Balaban J connectivity index is 1.24. The topological polar surface area (TPSA) is 71.0 Å². The number of rotatable bonds is 5. The number of fused-ring (bicyclic) bond motifs is 3. The van der Waals surface area contributed by atoms with Crippen LogP contribution >= 0.6 is 0 Å². The van der Waals surface area contributed by atoms with Gasteiger partial charge in [-0.2, -0.15) is 9.97 Å². The Morgan fingerprint density at radius 1 is 1.04 bits per heavy atom. The van der Waals surface area contributed by atoms with Crippen molar-refractivity contribution >= 4 is 27.5 Å². The molecule has 5 heterocycles. The fourth-order valence-electron chi connectivity index (χ4n) is 8.31. The molecule has 0 aliphatic carbocycles. The Morgan fingerprint density at radius 3 is 2.71 bits per heavy atom. The number of terminal acetylenes is 1. The van der Waals surface area contributed by atoms with Crippen LogP contribution in [0, 0.1) is 18.2 Å². The Kier molecular flexibility index (Phi) is 6.84. The molecule has 0 saturated carbocycles. The molecule has 0 bridgehead atoms. The predicted octanol–water partition coefficient (Wildman–Crippen LogP) is 6.38. The Morgan fingerprint density at radius 2 is 1.91 bits per heavy atom. The van der Waals surface area contributed by atoms with Gasteiger partial charge in [0.2, 0.25) is 0 Å². The van der Waals surface area contributed by atoms with Crippen LogP contribution in [0.15, 0.2) is 42.5 Å². The molecule has 1 N–H and O–H groups in total. The second kappa shape index (κ2) is 10.8. The molecule has 4 aliphatic rings. The summed E-state index contributed by atoms with van der Waals surface area (Å²) in [7, 11) is 0. The normalized spacial score (nSPS) is 24.5. The average molecular weight is 611 g/mol. The molecule has 1 aromatic heterocycles. The summed E-state index contributed by atoms with van der Waals surface area (Å²) < 4.78 is 43.8. The number of alkyl halides is 1. The van der Waals surface area contributed by atoms with E-state index in [1.54, 1.807) is 18.2 Å². The van der Waals surface area contributed by atoms with Crippen molar-refractivity contribution in [3.05, 3.63) is 53.8 Å². The number of piperidine rings is 1. The first kappa shape index (κ1) is 28.5. The molecular formula is C36H36F2N4O3. The molecule has 232 valence electrons. The standard InChI is InChI=1S/C36H36F2N4O3/c1-2-23-6-3-7-24-18-26(43)19-29(30(23)24)27-8-9-28-32(31(27)38)39-34(44-22-35-10-4-14-42(35)21-25(37)20-35)40-33(28)41-15-12-36(13-16-41)11-5-17-45-36/h1,3,6-9,18-19,25,43H,4-5,10-17,20-22H2/t25-,35+/m1/s1. The lowest BCUT2D eigenvalue weighted by atomic mass is 9.88. The first-order chi connectivity index (χ1) is 21.9. The van der Waals surface area contributed by atoms with Gasteiger partial charge >= 0.3 is 6.01 Å². The van der Waals surface area contributed by atoms with Crippen molar-refractivity contribution in [3.63, 3.8) is 0 Å². The minimum absolute atomic E-state index is 0.0121. The van der Waals surface area contributed by atoms with E-state index in [0.717, 1.165) is 64.8 Å². The highest BCUT2D eigenvalue weighted by molar-refractivity contribution is 6.04. The zero-order valence-corrected chi connectivity index (χ0v) is 25.2. The van der Waals surface area contributed by atoms with Crippen LogP contribution in [-0.2, 0) is 4.74 Å². The average Bonchev–Trinajstić information content (AvgIpc) is 3.74. The van der Waals surface area contributed by atoms with Crippen LogP contribution in [0.5, 0.6) is 11.8 Å². The Bertz CT molecular complexity index is 1840. The van der Waals surface area contributed by atoms with Gasteiger partial charge in [-0.05, 0) is 80.3 Å². The number of phenols is 1. The first-order valence-corrected chi connectivity index (χ1v) is 16.0. The Hall–Kier alpha value is -4.00. The van der Waals surface area contributed by atoms with Gasteiger partial charge in [0, 0.05) is 54.6 Å². The highest BCUT2D eigenvalue weighted by Gasteiger charge is 2.49. The summed E-state index contributed by atoms with van der Waals surface area (Å²) in [6.45, 7) is 3.75. The minimum Gasteiger partial charge on any atom is -0.508 e. The molecule has 7 nitrogen and oxygen atoms in total. The van der Waals surface area contributed by atoms with Crippen molar-refractivity contribution in [1.29, 1.82) is 0 Å². The molecule has 4 aromatic rings. The minimum atomic E-state index is -0.884. The van der Waals surface area contributed by atoms with Gasteiger partial charge < -0.3 is 19.5 Å². The Labute approximate surface area is 261 Å². The third-order valence-corrected chi connectivity index (χ3v) is 10.6. The maximum atomic E-state index is 16.8. The number of benzene rings is 3. The predicted molar refractivity (Wildman–Crippen MR) is 170 cm³/mol. The molecule has 4 fully saturated rings. The number of aromatic hydroxyl groups is 1. The molecule has 4 aliphatic heterocycles. The SMILES string of the molecule is C#Cc1cccc2cc(O)cc(-c3ccc4c(N5CCC6(CCCO6)CC5)nc(OC[C@@]56CCCN5C[C@H](F)C6)nc4c3F)c12. The lowest BCUT2D eigenvalue weighted by molar-refractivity contribution is -0.0146. The number of halogens is 2. The quantitative estimate of drug-likeness (QED) is 0.263. The van der Waals surface area contributed by atoms with Crippen molar-refractivity contribution in [2.24, 2.45) is 0 Å². The van der Waals surface area contributed by atoms with Crippen molar-refractivity contribution in [3.8, 4) is 35.2 Å². The molecule has 9 heteroatoms. The van der Waals surface area contributed by atoms with Crippen LogP contribution in [0.3, 0.4) is 0 Å². The van der Waals surface area contributed by atoms with Crippen molar-refractivity contribution in [2.75, 3.05) is 44.3 Å². The fraction of sp³-hybridized carbons (Fsp3) is 0.444. The number of aromatic nitrogens is 2. The second-order valence-corrected chi connectivity index (χ2v) is 13.2. The fourth-order valence-corrected chi connectivity index (χ4v) is 8.31. The molecule has 1 spiro atoms. The molecule has 3 aromatic carbocycles. The van der Waals surface area contributed by atoms with Gasteiger partial charge in [-0.25, -0.2) is 8.78 Å². The van der Waals surface area contributed by atoms with Crippen molar-refractivity contribution < 1.29 is 23.4 Å². The molecule has 2 atom stereocenters. The van der Waals surface area contributed by atoms with Gasteiger partial charge in [0.15, 0.2) is 5.82 Å². The summed E-state index contributed by atoms with van der Waals surface area (Å²) in [5.41, 5.74) is 1.03. The molecule has 0 amide bonds. The van der Waals surface area contributed by atoms with Crippen LogP contribution in [0.25, 0.3) is 32.8 Å². The molecule has 0 unspecified atom stereocenters. The molecular weight excluding hydrogens is 574 g/mol. The smallest absolute Gasteiger partial charge is 0.319 e. The van der Waals surface area contributed by atoms with Gasteiger partial charge in [-0.1, -0.05) is 24.1 Å². The third kappa shape index (κ3) is 4.77. The number of anilines is 1. The summed E-state index contributed by atoms with van der Waals surface area (Å²) in [6, 6.07) is 12.3. The van der Waals surface area contributed by atoms with Gasteiger partial charge in [0.25, 0.3) is 0 Å². The van der Waals surface area contributed by atoms with E-state index in [9.17, 15) is 9.50 Å². The van der Waals surface area contributed by atoms with Gasteiger partial charge in [0.05, 0.1) is 11.1 Å². The number of hydrogen-bond acceptors (Lipinski definition) is 7. The zero-order chi connectivity index (χ0) is 30.8. The van der Waals surface area contributed by atoms with Crippen LogP contribution in [0.4, 0.5) is 14.6 Å². The summed E-state index contributed by atoms with van der Waals surface area (Å²) >= 11 is 0. The van der Waals surface area contributed by atoms with E-state index in [4.69, 9.17) is 20.9 Å². The number of hydrogen-bond donors (Lipinski definition) is 1. The largest absolute Gasteiger partial charge is 0.508 e. The van der Waals surface area contributed by atoms with E-state index < -0.39 is 12.0 Å². The number of phenolic OH excluding ortho intramolecular Hbond substituents is 1. The third-order valence-electron chi connectivity index (χ3n) is 10.6. The van der Waals surface area contributed by atoms with Crippen LogP contribution in [-0.4, -0.2) is 76.7 Å². The van der Waals surface area contributed by atoms with E-state index in [2.05, 4.69) is 20.7 Å². The number of nitrogens with zero attached hydrogens (tertiary/aromatic N) is 4. The molecule has 4 saturated heterocycles. The summed E-state index contributed by atoms with van der Waals surface area (Å²) in [4.78, 5) is 13.9. The van der Waals surface area contributed by atoms with Crippen LogP contribution in [0.2, 0.25) is 0 Å². The van der Waals surface area contributed by atoms with Crippen molar-refractivity contribution in [1.82, 2.24) is 14.9 Å². The highest BCUT2D eigenvalue weighted by atomic mass is 19.1. The molecule has 8 rings (SSSR count). The second-order valence-electron chi connectivity index (χ2n) is 13.2. The van der Waals surface area contributed by atoms with Crippen LogP contribution in [0.1, 0.15) is 50.5 Å². The maximum absolute atomic E-state index is 16.8. The van der Waals surface area contributed by atoms with E-state index in [1.165, 1.54) is 0 Å². The maximum Gasteiger partial charge on any atom is 0.319 e. The van der Waals surface area contributed by atoms with E-state index in [0.29, 0.717) is 46.1 Å². The zero-order valence-electron chi connectivity index (χ0n) is 25.2. The molecule has 45 heavy (non-hydrogen) atoms. The van der Waals surface area contributed by atoms with Crippen LogP contribution < -0.4 is 9.64 Å². The van der Waals surface area contributed by atoms with E-state index >= 15 is 4.39 Å². The van der Waals surface area contributed by atoms with Gasteiger partial charge in [0.1, 0.15) is 29.9 Å². The van der Waals surface area contributed by atoms with E-state index in [1.807, 2.05) is 24.3 Å².